The van der Waals surface area contributed by atoms with Crippen molar-refractivity contribution in [2.45, 2.75) is 0 Å². The van der Waals surface area contributed by atoms with Gasteiger partial charge in [0.05, 0.1) is 5.02 Å². The average Bonchev–Trinajstić information content (AvgIpc) is 2.46. The van der Waals surface area contributed by atoms with Crippen LogP contribution in [0.5, 0.6) is 5.75 Å². The van der Waals surface area contributed by atoms with Gasteiger partial charge in [0.2, 0.25) is 0 Å². The zero-order valence-corrected chi connectivity index (χ0v) is 14.5. The van der Waals surface area contributed by atoms with Crippen molar-refractivity contribution >= 4 is 41.1 Å². The Bertz CT molecular complexity index is 566. The summed E-state index contributed by atoms with van der Waals surface area (Å²) in [5.41, 5.74) is 0. The van der Waals surface area contributed by atoms with Crippen molar-refractivity contribution < 1.29 is 34.1 Å². The Kier molecular flexibility index (Phi) is 10.5. The Morgan fingerprint density at radius 3 is 2.17 bits per heavy atom. The third kappa shape index (κ3) is 10.7. The highest BCUT2D eigenvalue weighted by molar-refractivity contribution is 6.35. The summed E-state index contributed by atoms with van der Waals surface area (Å²) in [7, 11) is 3.80. The van der Waals surface area contributed by atoms with E-state index in [1.807, 2.05) is 19.0 Å². The van der Waals surface area contributed by atoms with Gasteiger partial charge in [0.25, 0.3) is 0 Å². The van der Waals surface area contributed by atoms with Gasteiger partial charge in [-0.05, 0) is 32.3 Å². The maximum Gasteiger partial charge on any atom is 0.414 e. The van der Waals surface area contributed by atoms with E-state index in [0.717, 1.165) is 0 Å². The van der Waals surface area contributed by atoms with Gasteiger partial charge >= 0.3 is 17.9 Å². The summed E-state index contributed by atoms with van der Waals surface area (Å²) in [4.78, 5) is 31.5. The number of ether oxygens (including phenoxy) is 2. The molecule has 0 radical (unpaired) electrons. The summed E-state index contributed by atoms with van der Waals surface area (Å²) in [5, 5.41) is 15.7. The highest BCUT2D eigenvalue weighted by atomic mass is 35.5. The summed E-state index contributed by atoms with van der Waals surface area (Å²) in [6.45, 7) is 0.839. The first-order valence-corrected chi connectivity index (χ1v) is 7.23. The zero-order valence-electron chi connectivity index (χ0n) is 13.0. The number of carboxylic acids is 2. The number of nitrogens with zero attached hydrogens (tertiary/aromatic N) is 1. The molecule has 1 aromatic carbocycles. The number of hydrogen-bond donors (Lipinski definition) is 2. The first-order chi connectivity index (χ1) is 11.1. The second-order valence-corrected chi connectivity index (χ2v) is 5.34. The minimum Gasteiger partial charge on any atom is -0.480 e. The van der Waals surface area contributed by atoms with Gasteiger partial charge in [-0.2, -0.15) is 0 Å². The maximum absolute atomic E-state index is 11.3. The molecule has 0 saturated carbocycles. The number of carbonyl (C=O) groups excluding carboxylic acids is 1. The van der Waals surface area contributed by atoms with Crippen LogP contribution in [-0.4, -0.2) is 66.9 Å². The lowest BCUT2D eigenvalue weighted by atomic mass is 10.3. The maximum atomic E-state index is 11.3. The molecule has 0 fully saturated rings. The zero-order chi connectivity index (χ0) is 18.7. The van der Waals surface area contributed by atoms with E-state index in [9.17, 15) is 4.79 Å². The van der Waals surface area contributed by atoms with Gasteiger partial charge in [0.15, 0.2) is 6.61 Å². The van der Waals surface area contributed by atoms with Crippen LogP contribution in [-0.2, 0) is 19.1 Å². The Balaban J connectivity index is 0.000000754. The Morgan fingerprint density at radius 1 is 1.12 bits per heavy atom. The molecule has 0 aliphatic carbocycles. The van der Waals surface area contributed by atoms with Gasteiger partial charge in [-0.1, -0.05) is 23.2 Å². The Morgan fingerprint density at radius 2 is 1.71 bits per heavy atom. The smallest absolute Gasteiger partial charge is 0.414 e. The SMILES string of the molecule is CN(C)CCOC(=O)COc1ccc(Cl)cc1Cl.O=C(O)C(=O)O. The van der Waals surface area contributed by atoms with Crippen LogP contribution < -0.4 is 4.74 Å². The lowest BCUT2D eigenvalue weighted by Gasteiger charge is -2.11. The van der Waals surface area contributed by atoms with Crippen LogP contribution in [0.25, 0.3) is 0 Å². The molecular weight excluding hydrogens is 365 g/mol. The third-order valence-electron chi connectivity index (χ3n) is 2.22. The van der Waals surface area contributed by atoms with Crippen LogP contribution in [0.2, 0.25) is 10.0 Å². The molecule has 0 heterocycles. The minimum atomic E-state index is -1.82. The number of hydrogen-bond acceptors (Lipinski definition) is 6. The second-order valence-electron chi connectivity index (χ2n) is 4.50. The lowest BCUT2D eigenvalue weighted by molar-refractivity contribution is -0.159. The van der Waals surface area contributed by atoms with Crippen LogP contribution in [0.4, 0.5) is 0 Å². The molecule has 1 aromatic rings. The summed E-state index contributed by atoms with van der Waals surface area (Å²) in [6, 6.07) is 4.80. The molecule has 0 aliphatic heterocycles. The Hall–Kier alpha value is -2.03. The lowest BCUT2D eigenvalue weighted by Crippen LogP contribution is -2.22. The number of carbonyl (C=O) groups is 3. The molecule has 0 spiro atoms. The number of aliphatic carboxylic acids is 2. The van der Waals surface area contributed by atoms with E-state index in [4.69, 9.17) is 52.5 Å². The molecule has 0 saturated heterocycles. The van der Waals surface area contributed by atoms with Crippen molar-refractivity contribution in [1.29, 1.82) is 0 Å². The molecule has 24 heavy (non-hydrogen) atoms. The van der Waals surface area contributed by atoms with Crippen LogP contribution in [0, 0.1) is 0 Å². The standard InChI is InChI=1S/C12H15Cl2NO3.C2H2O4/c1-15(2)5-6-17-12(16)8-18-11-4-3-9(13)7-10(11)14;3-1(4)2(5)6/h3-4,7H,5-6,8H2,1-2H3;(H,3,4)(H,5,6). The number of rotatable bonds is 6. The molecule has 0 unspecified atom stereocenters. The fourth-order valence-corrected chi connectivity index (χ4v) is 1.58. The fraction of sp³-hybridized carbons (Fsp3) is 0.357. The van der Waals surface area contributed by atoms with Gasteiger partial charge in [0, 0.05) is 11.6 Å². The van der Waals surface area contributed by atoms with E-state index < -0.39 is 17.9 Å². The first-order valence-electron chi connectivity index (χ1n) is 6.48. The molecule has 0 amide bonds. The average molecular weight is 382 g/mol. The predicted octanol–water partition coefficient (Wildman–Crippen LogP) is 1.63. The molecule has 0 bridgehead atoms. The first kappa shape index (κ1) is 22.0. The molecule has 0 aromatic heterocycles. The predicted molar refractivity (Wildman–Crippen MR) is 86.7 cm³/mol. The summed E-state index contributed by atoms with van der Waals surface area (Å²) in [5.74, 6) is -3.67. The van der Waals surface area contributed by atoms with Gasteiger partial charge in [0.1, 0.15) is 12.4 Å². The van der Waals surface area contributed by atoms with E-state index in [1.54, 1.807) is 18.2 Å². The molecule has 8 nitrogen and oxygen atoms in total. The van der Waals surface area contributed by atoms with Crippen molar-refractivity contribution in [2.75, 3.05) is 33.9 Å². The van der Waals surface area contributed by atoms with E-state index in [0.29, 0.717) is 28.9 Å². The largest absolute Gasteiger partial charge is 0.480 e. The second kappa shape index (κ2) is 11.5. The van der Waals surface area contributed by atoms with Crippen molar-refractivity contribution in [3.63, 3.8) is 0 Å². The van der Waals surface area contributed by atoms with Crippen LogP contribution >= 0.6 is 23.2 Å². The molecular formula is C14H17Cl2NO7. The van der Waals surface area contributed by atoms with E-state index in [1.165, 1.54) is 0 Å². The highest BCUT2D eigenvalue weighted by Gasteiger charge is 2.07. The summed E-state index contributed by atoms with van der Waals surface area (Å²) in [6.07, 6.45) is 0. The van der Waals surface area contributed by atoms with Crippen LogP contribution in [0.1, 0.15) is 0 Å². The van der Waals surface area contributed by atoms with Crippen molar-refractivity contribution in [2.24, 2.45) is 0 Å². The number of carboxylic acid groups (broad SMARTS) is 2. The molecule has 0 atom stereocenters. The monoisotopic (exact) mass is 381 g/mol. The van der Waals surface area contributed by atoms with Gasteiger partial charge in [-0.25, -0.2) is 14.4 Å². The number of esters is 1. The summed E-state index contributed by atoms with van der Waals surface area (Å²) < 4.78 is 10.2. The van der Waals surface area contributed by atoms with E-state index in [2.05, 4.69) is 0 Å². The molecule has 10 heteroatoms. The van der Waals surface area contributed by atoms with Crippen molar-refractivity contribution in [3.05, 3.63) is 28.2 Å². The normalized spacial score (nSPS) is 9.71. The molecule has 134 valence electrons. The number of halogens is 2. The van der Waals surface area contributed by atoms with Crippen molar-refractivity contribution in [3.8, 4) is 5.75 Å². The molecule has 2 N–H and O–H groups in total. The molecule has 1 rings (SSSR count). The van der Waals surface area contributed by atoms with Crippen molar-refractivity contribution in [1.82, 2.24) is 4.90 Å². The van der Waals surface area contributed by atoms with Crippen LogP contribution in [0.15, 0.2) is 18.2 Å². The van der Waals surface area contributed by atoms with Gasteiger partial charge in [-0.3, -0.25) is 0 Å². The number of likely N-dealkylation sites (N-methyl/N-ethyl adjacent to an activating group) is 1. The fourth-order valence-electron chi connectivity index (χ4n) is 1.11. The number of benzene rings is 1. The highest BCUT2D eigenvalue weighted by Crippen LogP contribution is 2.27. The van der Waals surface area contributed by atoms with E-state index in [-0.39, 0.29) is 6.61 Å². The third-order valence-corrected chi connectivity index (χ3v) is 2.75. The van der Waals surface area contributed by atoms with Gasteiger partial charge < -0.3 is 24.6 Å². The van der Waals surface area contributed by atoms with Gasteiger partial charge in [-0.15, -0.1) is 0 Å². The summed E-state index contributed by atoms with van der Waals surface area (Å²) >= 11 is 11.6. The van der Waals surface area contributed by atoms with E-state index >= 15 is 0 Å². The van der Waals surface area contributed by atoms with Crippen LogP contribution in [0.3, 0.4) is 0 Å². The topological polar surface area (TPSA) is 113 Å². The quantitative estimate of drug-likeness (QED) is 0.564. The Labute approximate surface area is 148 Å². The molecule has 0 aliphatic rings. The minimum absolute atomic E-state index is 0.172.